The lowest BCUT2D eigenvalue weighted by Crippen LogP contribution is -2.34. The first-order valence-corrected chi connectivity index (χ1v) is 5.90. The zero-order valence-electron chi connectivity index (χ0n) is 10.9. The molecule has 0 fully saturated rings. The number of nitrogens with one attached hydrogen (secondary N) is 1. The number of amides is 1. The third-order valence-corrected chi connectivity index (χ3v) is 2.86. The first kappa shape index (κ1) is 14.9. The standard InChI is InChI=1S/C12H18N4O3/c1-7(2)9(13)6-15-10-4-3-8(12(14)17)5-11(10)16(18)19/h3-5,7,9,15H,6,13H2,1-2H3,(H2,14,17). The summed E-state index contributed by atoms with van der Waals surface area (Å²) in [5, 5.41) is 13.9. The van der Waals surface area contributed by atoms with Gasteiger partial charge in [-0.3, -0.25) is 14.9 Å². The SMILES string of the molecule is CC(C)C(N)CNc1ccc(C(N)=O)cc1[N+](=O)[O-]. The Hall–Kier alpha value is -2.15. The molecule has 0 aliphatic rings. The molecule has 0 saturated heterocycles. The fourth-order valence-corrected chi connectivity index (χ4v) is 1.45. The van der Waals surface area contributed by atoms with Crippen LogP contribution in [-0.4, -0.2) is 23.4 Å². The van der Waals surface area contributed by atoms with Crippen molar-refractivity contribution in [2.75, 3.05) is 11.9 Å². The van der Waals surface area contributed by atoms with Crippen LogP contribution in [0.1, 0.15) is 24.2 Å². The normalized spacial score (nSPS) is 12.2. The Morgan fingerprint density at radius 2 is 2.11 bits per heavy atom. The summed E-state index contributed by atoms with van der Waals surface area (Å²) in [5.41, 5.74) is 11.2. The van der Waals surface area contributed by atoms with Crippen LogP contribution >= 0.6 is 0 Å². The molecule has 5 N–H and O–H groups in total. The van der Waals surface area contributed by atoms with Crippen molar-refractivity contribution in [2.24, 2.45) is 17.4 Å². The fourth-order valence-electron chi connectivity index (χ4n) is 1.45. The Bertz CT molecular complexity index is 488. The highest BCUT2D eigenvalue weighted by molar-refractivity contribution is 5.94. The third-order valence-electron chi connectivity index (χ3n) is 2.86. The van der Waals surface area contributed by atoms with E-state index in [0.717, 1.165) is 6.07 Å². The van der Waals surface area contributed by atoms with Gasteiger partial charge >= 0.3 is 0 Å². The van der Waals surface area contributed by atoms with E-state index in [2.05, 4.69) is 5.32 Å². The molecule has 0 saturated carbocycles. The Labute approximate surface area is 111 Å². The molecule has 0 radical (unpaired) electrons. The first-order chi connectivity index (χ1) is 8.82. The Morgan fingerprint density at radius 1 is 1.47 bits per heavy atom. The van der Waals surface area contributed by atoms with Crippen molar-refractivity contribution in [1.29, 1.82) is 0 Å². The molecular formula is C12H18N4O3. The molecule has 1 unspecified atom stereocenters. The maximum Gasteiger partial charge on any atom is 0.293 e. The van der Waals surface area contributed by atoms with Crippen LogP contribution in [0.25, 0.3) is 0 Å². The van der Waals surface area contributed by atoms with Crippen molar-refractivity contribution >= 4 is 17.3 Å². The number of carbonyl (C=O) groups is 1. The molecule has 7 nitrogen and oxygen atoms in total. The quantitative estimate of drug-likeness (QED) is 0.525. The maximum atomic E-state index is 11.0. The molecule has 1 aromatic rings. The highest BCUT2D eigenvalue weighted by Gasteiger charge is 2.17. The van der Waals surface area contributed by atoms with E-state index in [1.54, 1.807) is 0 Å². The number of nitro groups is 1. The van der Waals surface area contributed by atoms with E-state index in [-0.39, 0.29) is 23.2 Å². The molecule has 0 aliphatic carbocycles. The number of hydrogen-bond acceptors (Lipinski definition) is 5. The summed E-state index contributed by atoms with van der Waals surface area (Å²) in [6.45, 7) is 4.35. The van der Waals surface area contributed by atoms with Crippen molar-refractivity contribution < 1.29 is 9.72 Å². The van der Waals surface area contributed by atoms with Gasteiger partial charge in [-0.15, -0.1) is 0 Å². The second-order valence-electron chi connectivity index (χ2n) is 4.64. The lowest BCUT2D eigenvalue weighted by Gasteiger charge is -2.17. The van der Waals surface area contributed by atoms with Crippen LogP contribution in [0.3, 0.4) is 0 Å². The van der Waals surface area contributed by atoms with E-state index in [1.165, 1.54) is 12.1 Å². The number of hydrogen-bond donors (Lipinski definition) is 3. The van der Waals surface area contributed by atoms with Crippen LogP contribution in [0.5, 0.6) is 0 Å². The van der Waals surface area contributed by atoms with Gasteiger partial charge in [0.05, 0.1) is 4.92 Å². The van der Waals surface area contributed by atoms with Crippen LogP contribution in [0, 0.1) is 16.0 Å². The average Bonchev–Trinajstić information content (AvgIpc) is 2.35. The molecule has 0 aromatic heterocycles. The monoisotopic (exact) mass is 266 g/mol. The summed E-state index contributed by atoms with van der Waals surface area (Å²) in [6.07, 6.45) is 0. The van der Waals surface area contributed by atoms with Crippen molar-refractivity contribution in [1.82, 2.24) is 0 Å². The van der Waals surface area contributed by atoms with Gasteiger partial charge in [0.25, 0.3) is 5.69 Å². The van der Waals surface area contributed by atoms with Crippen molar-refractivity contribution in [3.8, 4) is 0 Å². The van der Waals surface area contributed by atoms with Crippen molar-refractivity contribution in [2.45, 2.75) is 19.9 Å². The number of nitrogens with zero attached hydrogens (tertiary/aromatic N) is 1. The second kappa shape index (κ2) is 6.14. The summed E-state index contributed by atoms with van der Waals surface area (Å²) in [7, 11) is 0. The third kappa shape index (κ3) is 3.92. The van der Waals surface area contributed by atoms with E-state index in [4.69, 9.17) is 11.5 Å². The highest BCUT2D eigenvalue weighted by Crippen LogP contribution is 2.25. The van der Waals surface area contributed by atoms with Crippen LogP contribution in [0.15, 0.2) is 18.2 Å². The summed E-state index contributed by atoms with van der Waals surface area (Å²) < 4.78 is 0. The van der Waals surface area contributed by atoms with E-state index >= 15 is 0 Å². The minimum Gasteiger partial charge on any atom is -0.378 e. The molecule has 1 amide bonds. The molecule has 1 rings (SSSR count). The van der Waals surface area contributed by atoms with Crippen molar-refractivity contribution in [3.05, 3.63) is 33.9 Å². The number of anilines is 1. The van der Waals surface area contributed by atoms with E-state index in [9.17, 15) is 14.9 Å². The summed E-state index contributed by atoms with van der Waals surface area (Å²) >= 11 is 0. The molecule has 104 valence electrons. The van der Waals surface area contributed by atoms with Gasteiger partial charge < -0.3 is 16.8 Å². The smallest absolute Gasteiger partial charge is 0.293 e. The summed E-state index contributed by atoms with van der Waals surface area (Å²) in [6, 6.07) is 3.95. The Balaban J connectivity index is 2.94. The van der Waals surface area contributed by atoms with E-state index < -0.39 is 10.8 Å². The van der Waals surface area contributed by atoms with Crippen LogP contribution in [-0.2, 0) is 0 Å². The molecule has 0 aliphatic heterocycles. The van der Waals surface area contributed by atoms with Gasteiger partial charge in [0.1, 0.15) is 5.69 Å². The maximum absolute atomic E-state index is 11.0. The van der Waals surface area contributed by atoms with Crippen LogP contribution in [0.2, 0.25) is 0 Å². The first-order valence-electron chi connectivity index (χ1n) is 5.90. The largest absolute Gasteiger partial charge is 0.378 e. The van der Waals surface area contributed by atoms with Gasteiger partial charge in [-0.25, -0.2) is 0 Å². The Morgan fingerprint density at radius 3 is 2.58 bits per heavy atom. The van der Waals surface area contributed by atoms with Crippen LogP contribution in [0.4, 0.5) is 11.4 Å². The van der Waals surface area contributed by atoms with Gasteiger partial charge in [0, 0.05) is 24.2 Å². The molecule has 1 atom stereocenters. The second-order valence-corrected chi connectivity index (χ2v) is 4.64. The van der Waals surface area contributed by atoms with Gasteiger partial charge in [-0.2, -0.15) is 0 Å². The average molecular weight is 266 g/mol. The fraction of sp³-hybridized carbons (Fsp3) is 0.417. The topological polar surface area (TPSA) is 124 Å². The van der Waals surface area contributed by atoms with Gasteiger partial charge in [0.15, 0.2) is 0 Å². The molecule has 0 bridgehead atoms. The molecular weight excluding hydrogens is 248 g/mol. The predicted molar refractivity (Wildman–Crippen MR) is 72.9 cm³/mol. The zero-order chi connectivity index (χ0) is 14.6. The summed E-state index contributed by atoms with van der Waals surface area (Å²) in [5.74, 6) is -0.440. The molecule has 19 heavy (non-hydrogen) atoms. The number of benzene rings is 1. The van der Waals surface area contributed by atoms with Gasteiger partial charge in [-0.1, -0.05) is 13.8 Å². The number of primary amides is 1. The zero-order valence-corrected chi connectivity index (χ0v) is 10.9. The highest BCUT2D eigenvalue weighted by atomic mass is 16.6. The van der Waals surface area contributed by atoms with Gasteiger partial charge in [-0.05, 0) is 18.1 Å². The number of nitro benzene ring substituents is 1. The molecule has 0 spiro atoms. The lowest BCUT2D eigenvalue weighted by molar-refractivity contribution is -0.384. The number of nitrogens with two attached hydrogens (primary N) is 2. The molecule has 0 heterocycles. The molecule has 1 aromatic carbocycles. The number of carbonyl (C=O) groups excluding carboxylic acids is 1. The predicted octanol–water partition coefficient (Wildman–Crippen LogP) is 1.09. The number of rotatable bonds is 6. The minimum atomic E-state index is -0.700. The van der Waals surface area contributed by atoms with Crippen LogP contribution < -0.4 is 16.8 Å². The molecule has 7 heteroatoms. The lowest BCUT2D eigenvalue weighted by atomic mass is 10.1. The van der Waals surface area contributed by atoms with E-state index in [1.807, 2.05) is 13.8 Å². The van der Waals surface area contributed by atoms with E-state index in [0.29, 0.717) is 12.2 Å². The Kier molecular flexibility index (Phi) is 4.82. The minimum absolute atomic E-state index is 0.102. The summed E-state index contributed by atoms with van der Waals surface area (Å²) in [4.78, 5) is 21.4. The van der Waals surface area contributed by atoms with Crippen molar-refractivity contribution in [3.63, 3.8) is 0 Å². The van der Waals surface area contributed by atoms with Gasteiger partial charge in [0.2, 0.25) is 5.91 Å².